The van der Waals surface area contributed by atoms with Crippen molar-refractivity contribution < 1.29 is 9.47 Å². The molecule has 0 radical (unpaired) electrons. The molecule has 1 aliphatic heterocycles. The van der Waals surface area contributed by atoms with Crippen LogP contribution in [0.15, 0.2) is 47.7 Å². The highest BCUT2D eigenvalue weighted by molar-refractivity contribution is 6.12. The summed E-state index contributed by atoms with van der Waals surface area (Å²) in [4.78, 5) is 13.3. The molecule has 0 fully saturated rings. The minimum atomic E-state index is 0.451. The second-order valence-corrected chi connectivity index (χ2v) is 5.33. The van der Waals surface area contributed by atoms with Gasteiger partial charge in [0, 0.05) is 36.3 Å². The fraction of sp³-hybridized carbons (Fsp3) is 0.176. The molecule has 3 aromatic rings. The van der Waals surface area contributed by atoms with Crippen molar-refractivity contribution >= 4 is 23.0 Å². The lowest BCUT2D eigenvalue weighted by Gasteiger charge is -2.08. The minimum Gasteiger partial charge on any atom is -0.497 e. The Bertz CT molecular complexity index is 970. The molecule has 126 valence electrons. The van der Waals surface area contributed by atoms with Crippen molar-refractivity contribution in [1.29, 1.82) is 0 Å². The van der Waals surface area contributed by atoms with Crippen LogP contribution in [0.5, 0.6) is 11.5 Å². The third-order valence-electron chi connectivity index (χ3n) is 3.75. The number of anilines is 2. The van der Waals surface area contributed by atoms with Crippen LogP contribution >= 0.6 is 0 Å². The summed E-state index contributed by atoms with van der Waals surface area (Å²) in [5.41, 5.74) is 2.93. The Kier molecular flexibility index (Phi) is 3.77. The maximum atomic E-state index is 5.28. The molecular formula is C17H16N6O2. The molecule has 8 heteroatoms. The van der Waals surface area contributed by atoms with E-state index < -0.39 is 0 Å². The van der Waals surface area contributed by atoms with E-state index in [1.165, 1.54) is 0 Å². The monoisotopic (exact) mass is 336 g/mol. The van der Waals surface area contributed by atoms with Crippen LogP contribution in [0, 0.1) is 0 Å². The number of fused-ring (bicyclic) bond motifs is 1. The number of hydrogen-bond donors (Lipinski definition) is 1. The summed E-state index contributed by atoms with van der Waals surface area (Å²) < 4.78 is 12.2. The van der Waals surface area contributed by atoms with Gasteiger partial charge in [0.25, 0.3) is 0 Å². The van der Waals surface area contributed by atoms with E-state index in [9.17, 15) is 0 Å². The van der Waals surface area contributed by atoms with E-state index >= 15 is 0 Å². The van der Waals surface area contributed by atoms with Crippen molar-refractivity contribution in [1.82, 2.24) is 19.6 Å². The minimum absolute atomic E-state index is 0.451. The largest absolute Gasteiger partial charge is 0.497 e. The summed E-state index contributed by atoms with van der Waals surface area (Å²) in [7, 11) is 3.21. The van der Waals surface area contributed by atoms with Gasteiger partial charge in [0.05, 0.1) is 26.5 Å². The molecule has 1 aromatic carbocycles. The van der Waals surface area contributed by atoms with Gasteiger partial charge >= 0.3 is 0 Å². The Morgan fingerprint density at radius 2 is 1.92 bits per heavy atom. The van der Waals surface area contributed by atoms with Gasteiger partial charge < -0.3 is 14.8 Å². The Hall–Kier alpha value is -3.42. The molecule has 2 aromatic heterocycles. The predicted octanol–water partition coefficient (Wildman–Crippen LogP) is 2.24. The zero-order valence-electron chi connectivity index (χ0n) is 13.8. The fourth-order valence-corrected chi connectivity index (χ4v) is 2.58. The number of hydrogen-bond acceptors (Lipinski definition) is 7. The first kappa shape index (κ1) is 15.1. The highest BCUT2D eigenvalue weighted by Gasteiger charge is 2.14. The Morgan fingerprint density at radius 1 is 1.12 bits per heavy atom. The van der Waals surface area contributed by atoms with E-state index in [1.54, 1.807) is 37.2 Å². The van der Waals surface area contributed by atoms with Gasteiger partial charge in [-0.15, -0.1) is 5.10 Å². The number of allylic oxidation sites excluding steroid dienone is 1. The van der Waals surface area contributed by atoms with Crippen molar-refractivity contribution in [2.45, 2.75) is 0 Å². The molecule has 0 spiro atoms. The zero-order valence-corrected chi connectivity index (χ0v) is 13.8. The molecule has 0 saturated heterocycles. The third-order valence-corrected chi connectivity index (χ3v) is 3.75. The Balaban J connectivity index is 1.71. The number of nitrogens with zero attached hydrogens (tertiary/aromatic N) is 5. The van der Waals surface area contributed by atoms with Crippen LogP contribution in [0.3, 0.4) is 0 Å². The van der Waals surface area contributed by atoms with E-state index in [-0.39, 0.29) is 0 Å². The number of methoxy groups -OCH3 is 2. The molecule has 0 amide bonds. The summed E-state index contributed by atoms with van der Waals surface area (Å²) in [5, 5.41) is 7.62. The van der Waals surface area contributed by atoms with Crippen LogP contribution in [0.1, 0.15) is 5.69 Å². The van der Waals surface area contributed by atoms with Crippen LogP contribution in [0.25, 0.3) is 5.65 Å². The van der Waals surface area contributed by atoms with Crippen LogP contribution in [-0.2, 0) is 0 Å². The molecule has 0 saturated carbocycles. The first-order valence-corrected chi connectivity index (χ1v) is 7.69. The molecule has 0 aliphatic carbocycles. The molecule has 3 heterocycles. The SMILES string of the molecule is COc1cc(Nc2nc3c(C4=NCC=C4)nccn3n2)cc(OC)c1. The molecule has 1 N–H and O–H groups in total. The molecular weight excluding hydrogens is 320 g/mol. The van der Waals surface area contributed by atoms with Crippen LogP contribution in [-0.4, -0.2) is 46.1 Å². The predicted molar refractivity (Wildman–Crippen MR) is 94.2 cm³/mol. The van der Waals surface area contributed by atoms with E-state index in [0.717, 1.165) is 11.4 Å². The summed E-state index contributed by atoms with van der Waals surface area (Å²) in [6, 6.07) is 5.49. The average molecular weight is 336 g/mol. The van der Waals surface area contributed by atoms with Crippen molar-refractivity contribution in [3.63, 3.8) is 0 Å². The van der Waals surface area contributed by atoms with Crippen molar-refractivity contribution in [3.05, 3.63) is 48.4 Å². The number of aromatic nitrogens is 4. The van der Waals surface area contributed by atoms with Gasteiger partial charge in [-0.1, -0.05) is 6.08 Å². The number of aliphatic imine (C=N–C) groups is 1. The lowest BCUT2D eigenvalue weighted by Crippen LogP contribution is -2.02. The van der Waals surface area contributed by atoms with E-state index in [1.807, 2.05) is 24.3 Å². The molecule has 0 atom stereocenters. The van der Waals surface area contributed by atoms with Gasteiger partial charge in [0.2, 0.25) is 5.95 Å². The molecule has 0 bridgehead atoms. The normalized spacial score (nSPS) is 13.1. The highest BCUT2D eigenvalue weighted by atomic mass is 16.5. The fourth-order valence-electron chi connectivity index (χ4n) is 2.58. The Labute approximate surface area is 143 Å². The van der Waals surface area contributed by atoms with Crippen LogP contribution in [0.2, 0.25) is 0 Å². The van der Waals surface area contributed by atoms with Gasteiger partial charge in [0.1, 0.15) is 17.2 Å². The Morgan fingerprint density at radius 3 is 2.60 bits per heavy atom. The summed E-state index contributed by atoms with van der Waals surface area (Å²) in [6.07, 6.45) is 7.36. The first-order valence-electron chi connectivity index (χ1n) is 7.69. The van der Waals surface area contributed by atoms with Gasteiger partial charge in [0.15, 0.2) is 5.65 Å². The summed E-state index contributed by atoms with van der Waals surface area (Å²) in [5.74, 6) is 1.81. The molecule has 1 aliphatic rings. The molecule has 25 heavy (non-hydrogen) atoms. The van der Waals surface area contributed by atoms with Crippen molar-refractivity contribution in [3.8, 4) is 11.5 Å². The van der Waals surface area contributed by atoms with Crippen LogP contribution in [0.4, 0.5) is 11.6 Å². The number of rotatable bonds is 5. The second-order valence-electron chi connectivity index (χ2n) is 5.33. The first-order chi connectivity index (χ1) is 12.3. The quantitative estimate of drug-likeness (QED) is 0.769. The van der Waals surface area contributed by atoms with Gasteiger partial charge in [-0.2, -0.15) is 4.98 Å². The summed E-state index contributed by atoms with van der Waals surface area (Å²) in [6.45, 7) is 0.668. The van der Waals surface area contributed by atoms with E-state index in [2.05, 4.69) is 25.4 Å². The molecule has 8 nitrogen and oxygen atoms in total. The topological polar surface area (TPSA) is 85.9 Å². The highest BCUT2D eigenvalue weighted by Crippen LogP contribution is 2.27. The standard InChI is InChI=1S/C17H16N6O2/c1-24-12-8-11(9-13(10-12)25-2)20-17-21-16-15(14-4-3-5-18-14)19-6-7-23(16)22-17/h3-4,6-10H,5H2,1-2H3,(H,20,22). The molecule has 4 rings (SSSR count). The lowest BCUT2D eigenvalue weighted by atomic mass is 10.2. The van der Waals surface area contributed by atoms with Crippen molar-refractivity contribution in [2.24, 2.45) is 4.99 Å². The van der Waals surface area contributed by atoms with E-state index in [0.29, 0.717) is 35.3 Å². The van der Waals surface area contributed by atoms with Gasteiger partial charge in [-0.05, 0) is 6.08 Å². The number of nitrogens with one attached hydrogen (secondary N) is 1. The maximum absolute atomic E-state index is 5.28. The van der Waals surface area contributed by atoms with Crippen molar-refractivity contribution in [2.75, 3.05) is 26.1 Å². The number of benzene rings is 1. The smallest absolute Gasteiger partial charge is 0.247 e. The van der Waals surface area contributed by atoms with E-state index in [4.69, 9.17) is 9.47 Å². The summed E-state index contributed by atoms with van der Waals surface area (Å²) >= 11 is 0. The van der Waals surface area contributed by atoms with Gasteiger partial charge in [-0.3, -0.25) is 4.99 Å². The van der Waals surface area contributed by atoms with Crippen LogP contribution < -0.4 is 14.8 Å². The average Bonchev–Trinajstić information content (AvgIpc) is 3.30. The second kappa shape index (κ2) is 6.23. The van der Waals surface area contributed by atoms with Gasteiger partial charge in [-0.25, -0.2) is 9.50 Å². The zero-order chi connectivity index (χ0) is 17.2. The third kappa shape index (κ3) is 2.89. The number of ether oxygens (including phenoxy) is 2. The lowest BCUT2D eigenvalue weighted by molar-refractivity contribution is 0.395. The maximum Gasteiger partial charge on any atom is 0.247 e. The molecule has 0 unspecified atom stereocenters.